The van der Waals surface area contributed by atoms with E-state index in [1.54, 1.807) is 30.3 Å². The van der Waals surface area contributed by atoms with Crippen LogP contribution in [-0.4, -0.2) is 25.3 Å². The van der Waals surface area contributed by atoms with Crippen LogP contribution in [0.25, 0.3) is 11.6 Å². The lowest BCUT2D eigenvalue weighted by Crippen LogP contribution is -2.03. The van der Waals surface area contributed by atoms with Gasteiger partial charge in [0.2, 0.25) is 0 Å². The van der Waals surface area contributed by atoms with E-state index in [4.69, 9.17) is 9.47 Å². The molecule has 0 heterocycles. The average Bonchev–Trinajstić information content (AvgIpc) is 2.53. The van der Waals surface area contributed by atoms with Crippen molar-refractivity contribution in [1.82, 2.24) is 0 Å². The zero-order valence-corrected chi connectivity index (χ0v) is 12.2. The number of hydrogen-bond acceptors (Lipinski definition) is 3. The Bertz CT molecular complexity index is 722. The van der Waals surface area contributed by atoms with Gasteiger partial charge >= 0.3 is 5.97 Å². The number of rotatable bonds is 5. The van der Waals surface area contributed by atoms with Crippen LogP contribution in [0.15, 0.2) is 42.5 Å². The third-order valence-electron chi connectivity index (χ3n) is 3.13. The molecule has 0 aliphatic carbocycles. The second kappa shape index (κ2) is 6.76. The summed E-state index contributed by atoms with van der Waals surface area (Å²) in [6, 6.07) is 10.8. The fraction of sp³-hybridized carbons (Fsp3) is 0.118. The van der Waals surface area contributed by atoms with Gasteiger partial charge in [0.05, 0.1) is 19.8 Å². The van der Waals surface area contributed by atoms with E-state index in [0.717, 1.165) is 0 Å². The van der Waals surface area contributed by atoms with Crippen molar-refractivity contribution in [2.75, 3.05) is 14.2 Å². The van der Waals surface area contributed by atoms with Gasteiger partial charge in [-0.1, -0.05) is 18.2 Å². The van der Waals surface area contributed by atoms with Crippen molar-refractivity contribution in [2.24, 2.45) is 0 Å². The molecule has 0 aliphatic heterocycles. The van der Waals surface area contributed by atoms with E-state index < -0.39 is 11.8 Å². The number of aliphatic carboxylic acids is 1. The van der Waals surface area contributed by atoms with Crippen LogP contribution in [0.2, 0.25) is 0 Å². The van der Waals surface area contributed by atoms with Crippen LogP contribution in [0.3, 0.4) is 0 Å². The molecule has 0 saturated heterocycles. The minimum atomic E-state index is -1.19. The zero-order chi connectivity index (χ0) is 16.1. The molecule has 1 N–H and O–H groups in total. The molecule has 114 valence electrons. The summed E-state index contributed by atoms with van der Waals surface area (Å²) < 4.78 is 24.1. The Kier molecular flexibility index (Phi) is 4.78. The van der Waals surface area contributed by atoms with E-state index in [1.807, 2.05) is 0 Å². The van der Waals surface area contributed by atoms with E-state index in [1.165, 1.54) is 32.4 Å². The third kappa shape index (κ3) is 3.25. The monoisotopic (exact) mass is 302 g/mol. The molecule has 0 aliphatic rings. The highest BCUT2D eigenvalue weighted by atomic mass is 19.1. The van der Waals surface area contributed by atoms with Crippen molar-refractivity contribution < 1.29 is 23.8 Å². The molecule has 2 aromatic carbocycles. The number of hydrogen-bond donors (Lipinski definition) is 1. The van der Waals surface area contributed by atoms with E-state index in [2.05, 4.69) is 0 Å². The van der Waals surface area contributed by atoms with Crippen molar-refractivity contribution in [1.29, 1.82) is 0 Å². The molecule has 0 amide bonds. The van der Waals surface area contributed by atoms with Crippen LogP contribution in [0.4, 0.5) is 4.39 Å². The quantitative estimate of drug-likeness (QED) is 0.679. The van der Waals surface area contributed by atoms with Crippen LogP contribution in [-0.2, 0) is 4.79 Å². The van der Waals surface area contributed by atoms with Crippen LogP contribution < -0.4 is 9.47 Å². The summed E-state index contributed by atoms with van der Waals surface area (Å²) in [6.45, 7) is 0. The van der Waals surface area contributed by atoms with Gasteiger partial charge < -0.3 is 14.6 Å². The highest BCUT2D eigenvalue weighted by molar-refractivity contribution is 6.21. The van der Waals surface area contributed by atoms with E-state index in [9.17, 15) is 14.3 Å². The molecule has 0 bridgehead atoms. The summed E-state index contributed by atoms with van der Waals surface area (Å²) in [5, 5.41) is 9.48. The standard InChI is InChI=1S/C17H15FO4/c1-21-12-7-8-16(22-2)13(10-12)14(17(19)20)9-11-5-3-4-6-15(11)18/h3-10H,1-2H3,(H,19,20)/b14-9-. The molecule has 5 heteroatoms. The lowest BCUT2D eigenvalue weighted by Gasteiger charge is -2.11. The first-order chi connectivity index (χ1) is 10.6. The molecule has 0 fully saturated rings. The smallest absolute Gasteiger partial charge is 0.336 e. The van der Waals surface area contributed by atoms with Crippen molar-refractivity contribution in [3.8, 4) is 11.5 Å². The second-order valence-electron chi connectivity index (χ2n) is 4.45. The van der Waals surface area contributed by atoms with Crippen molar-refractivity contribution in [3.63, 3.8) is 0 Å². The zero-order valence-electron chi connectivity index (χ0n) is 12.2. The molecule has 0 aromatic heterocycles. The fourth-order valence-corrected chi connectivity index (χ4v) is 2.03. The Hall–Kier alpha value is -2.82. The lowest BCUT2D eigenvalue weighted by molar-refractivity contribution is -0.130. The second-order valence-corrected chi connectivity index (χ2v) is 4.45. The molecule has 2 aromatic rings. The fourth-order valence-electron chi connectivity index (χ4n) is 2.03. The third-order valence-corrected chi connectivity index (χ3v) is 3.13. The van der Waals surface area contributed by atoms with Gasteiger partial charge in [-0.3, -0.25) is 0 Å². The maximum Gasteiger partial charge on any atom is 0.336 e. The molecule has 0 radical (unpaired) electrons. The van der Waals surface area contributed by atoms with Crippen LogP contribution in [0, 0.1) is 5.82 Å². The molecule has 0 unspecified atom stereocenters. The van der Waals surface area contributed by atoms with Gasteiger partial charge in [-0.25, -0.2) is 9.18 Å². The molecular weight excluding hydrogens is 287 g/mol. The first-order valence-corrected chi connectivity index (χ1v) is 6.48. The highest BCUT2D eigenvalue weighted by Crippen LogP contribution is 2.31. The Morgan fingerprint density at radius 2 is 1.86 bits per heavy atom. The van der Waals surface area contributed by atoms with E-state index in [-0.39, 0.29) is 11.1 Å². The number of carbonyl (C=O) groups is 1. The first kappa shape index (κ1) is 15.6. The minimum Gasteiger partial charge on any atom is -0.497 e. The summed E-state index contributed by atoms with van der Waals surface area (Å²) in [6.07, 6.45) is 1.27. The van der Waals surface area contributed by atoms with Gasteiger partial charge in [0.1, 0.15) is 17.3 Å². The Morgan fingerprint density at radius 3 is 2.45 bits per heavy atom. The maximum atomic E-state index is 13.8. The van der Waals surface area contributed by atoms with Gasteiger partial charge in [-0.2, -0.15) is 0 Å². The first-order valence-electron chi connectivity index (χ1n) is 6.48. The predicted molar refractivity (Wildman–Crippen MR) is 81.5 cm³/mol. The highest BCUT2D eigenvalue weighted by Gasteiger charge is 2.17. The summed E-state index contributed by atoms with van der Waals surface area (Å²) >= 11 is 0. The van der Waals surface area contributed by atoms with Crippen LogP contribution >= 0.6 is 0 Å². The maximum absolute atomic E-state index is 13.8. The lowest BCUT2D eigenvalue weighted by atomic mass is 10.0. The van der Waals surface area contributed by atoms with Crippen LogP contribution in [0.5, 0.6) is 11.5 Å². The average molecular weight is 302 g/mol. The molecule has 22 heavy (non-hydrogen) atoms. The minimum absolute atomic E-state index is 0.0825. The Morgan fingerprint density at radius 1 is 1.14 bits per heavy atom. The molecule has 2 rings (SSSR count). The Labute approximate surface area is 127 Å². The van der Waals surface area contributed by atoms with Crippen molar-refractivity contribution >= 4 is 17.6 Å². The van der Waals surface area contributed by atoms with Crippen molar-refractivity contribution in [3.05, 3.63) is 59.4 Å². The normalized spacial score (nSPS) is 11.1. The van der Waals surface area contributed by atoms with Crippen molar-refractivity contribution in [2.45, 2.75) is 0 Å². The topological polar surface area (TPSA) is 55.8 Å². The van der Waals surface area contributed by atoms with Gasteiger partial charge in [0.15, 0.2) is 0 Å². The molecule has 0 saturated carbocycles. The number of halogens is 1. The SMILES string of the molecule is COc1ccc(OC)c(/C(=C/c2ccccc2F)C(=O)O)c1. The van der Waals surface area contributed by atoms with Gasteiger partial charge in [0, 0.05) is 11.1 Å². The molecule has 0 atom stereocenters. The molecular formula is C17H15FO4. The Balaban J connectivity index is 2.63. The van der Waals surface area contributed by atoms with Crippen LogP contribution in [0.1, 0.15) is 11.1 Å². The van der Waals surface area contributed by atoms with Gasteiger partial charge in [-0.05, 0) is 30.3 Å². The number of methoxy groups -OCH3 is 2. The van der Waals surface area contributed by atoms with Gasteiger partial charge in [-0.15, -0.1) is 0 Å². The number of benzene rings is 2. The molecule has 4 nitrogen and oxygen atoms in total. The number of ether oxygens (including phenoxy) is 2. The summed E-state index contributed by atoms with van der Waals surface area (Å²) in [5.41, 5.74) is 0.420. The largest absolute Gasteiger partial charge is 0.497 e. The number of carboxylic acid groups (broad SMARTS) is 1. The van der Waals surface area contributed by atoms with E-state index in [0.29, 0.717) is 17.1 Å². The molecule has 0 spiro atoms. The summed E-state index contributed by atoms with van der Waals surface area (Å²) in [4.78, 5) is 11.6. The van der Waals surface area contributed by atoms with E-state index >= 15 is 0 Å². The predicted octanol–water partition coefficient (Wildman–Crippen LogP) is 3.47. The summed E-state index contributed by atoms with van der Waals surface area (Å²) in [7, 11) is 2.92. The number of carboxylic acids is 1. The van der Waals surface area contributed by atoms with Gasteiger partial charge in [0.25, 0.3) is 0 Å². The summed E-state index contributed by atoms with van der Waals surface area (Å²) in [5.74, 6) is -0.833.